The fraction of sp³-hybridized carbons (Fsp3) is 0.0704. The molecule has 0 aliphatic carbocycles. The number of nitrogens with zero attached hydrogens (tertiary/aromatic N) is 4. The van der Waals surface area contributed by atoms with Gasteiger partial charge in [-0.15, -0.1) is 0 Å². The molecule has 1 aliphatic heterocycles. The third-order valence-corrected chi connectivity index (χ3v) is 18.1. The van der Waals surface area contributed by atoms with Crippen LogP contribution in [-0.2, 0) is 5.41 Å². The van der Waals surface area contributed by atoms with Crippen molar-refractivity contribution in [2.24, 2.45) is 0 Å². The molecular formula is C71H55N4OSi+. The van der Waals surface area contributed by atoms with E-state index in [9.17, 15) is 26.0 Å². The molecule has 6 heteroatoms. The minimum absolute atomic E-state index is 0.0207. The van der Waals surface area contributed by atoms with E-state index < -0.39 is 191 Å². The van der Waals surface area contributed by atoms with Crippen LogP contribution in [0, 0.1) is 6.85 Å². The molecule has 0 atom stereocenters. The molecule has 0 amide bonds. The number of hydrogen-bond acceptors (Lipinski definition) is 2. The number of rotatable bonds is 8. The zero-order valence-corrected chi connectivity index (χ0v) is 42.3. The molecule has 10 aromatic carbocycles. The van der Waals surface area contributed by atoms with Gasteiger partial charge in [0.15, 0.2) is 19.1 Å². The number of fused-ring (bicyclic) bond motifs is 10. The first kappa shape index (κ1) is 26.9. The number of hydrogen-bond donors (Lipinski definition) is 0. The van der Waals surface area contributed by atoms with E-state index in [-0.39, 0.29) is 27.9 Å². The van der Waals surface area contributed by atoms with Gasteiger partial charge in [-0.3, -0.25) is 4.57 Å². The van der Waals surface area contributed by atoms with Gasteiger partial charge in [-0.25, -0.2) is 4.98 Å². The lowest BCUT2D eigenvalue weighted by Crippen LogP contribution is -2.74. The van der Waals surface area contributed by atoms with Gasteiger partial charge in [0.1, 0.15) is 28.7 Å². The fourth-order valence-corrected chi connectivity index (χ4v) is 14.3. The van der Waals surface area contributed by atoms with Gasteiger partial charge < -0.3 is 4.74 Å². The van der Waals surface area contributed by atoms with Crippen LogP contribution in [0.15, 0.2) is 261 Å². The number of aromatic nitrogens is 4. The van der Waals surface area contributed by atoms with Crippen molar-refractivity contribution >= 4 is 61.7 Å². The van der Waals surface area contributed by atoms with Crippen LogP contribution in [0.5, 0.6) is 11.5 Å². The fourth-order valence-electron chi connectivity index (χ4n) is 10.8. The van der Waals surface area contributed by atoms with Crippen LogP contribution in [0.25, 0.3) is 83.4 Å². The highest BCUT2D eigenvalue weighted by Gasteiger charge is 2.42. The summed E-state index contributed by atoms with van der Waals surface area (Å²) in [5.74, 6) is 1.08. The van der Waals surface area contributed by atoms with Gasteiger partial charge in [0.05, 0.1) is 41.2 Å². The van der Waals surface area contributed by atoms with E-state index >= 15 is 0 Å². The molecule has 3 aromatic heterocycles. The first-order valence-corrected chi connectivity index (χ1v) is 26.5. The zero-order chi connectivity index (χ0) is 73.5. The van der Waals surface area contributed by atoms with Crippen molar-refractivity contribution < 1.29 is 43.6 Å². The molecule has 0 unspecified atom stereocenters. The van der Waals surface area contributed by atoms with Gasteiger partial charge in [0.25, 0.3) is 6.33 Å². The van der Waals surface area contributed by atoms with E-state index in [1.165, 1.54) is 24.4 Å². The summed E-state index contributed by atoms with van der Waals surface area (Å²) in [5.41, 5.74) is 1.02. The van der Waals surface area contributed by atoms with Crippen LogP contribution >= 0.6 is 0 Å². The summed E-state index contributed by atoms with van der Waals surface area (Å²) >= 11 is 0. The summed E-state index contributed by atoms with van der Waals surface area (Å²) in [5, 5.41) is -2.27. The molecule has 0 bridgehead atoms. The predicted octanol–water partition coefficient (Wildman–Crippen LogP) is 14.5. The Morgan fingerprint density at radius 1 is 0.519 bits per heavy atom. The summed E-state index contributed by atoms with van der Waals surface area (Å²) in [6.07, 6.45) is 3.16. The lowest BCUT2D eigenvalue weighted by Gasteiger charge is -2.35. The summed E-state index contributed by atoms with van der Waals surface area (Å²) in [7, 11) is -6.37. The van der Waals surface area contributed by atoms with Crippen molar-refractivity contribution in [2.75, 3.05) is 0 Å². The molecule has 1 aliphatic rings. The van der Waals surface area contributed by atoms with Crippen LogP contribution in [0.2, 0.25) is 0 Å². The van der Waals surface area contributed by atoms with Crippen molar-refractivity contribution in [3.8, 4) is 62.1 Å². The second-order valence-electron chi connectivity index (χ2n) is 19.5. The molecular weight excluding hydrogens is 953 g/mol. The van der Waals surface area contributed by atoms with E-state index in [4.69, 9.17) is 13.0 Å². The van der Waals surface area contributed by atoms with Crippen LogP contribution in [0.1, 0.15) is 66.2 Å². The van der Waals surface area contributed by atoms with Gasteiger partial charge in [-0.1, -0.05) is 202 Å². The molecule has 14 rings (SSSR count). The van der Waals surface area contributed by atoms with E-state index in [0.29, 0.717) is 45.1 Å². The van der Waals surface area contributed by atoms with Gasteiger partial charge >= 0.3 is 0 Å². The minimum Gasteiger partial charge on any atom is -0.457 e. The molecule has 0 fully saturated rings. The Kier molecular flexibility index (Phi) is 6.36. The number of aryl methyl sites for hydroxylation is 1. The Morgan fingerprint density at radius 2 is 1.14 bits per heavy atom. The summed E-state index contributed by atoms with van der Waals surface area (Å²) < 4.78 is 249. The second-order valence-corrected chi connectivity index (χ2v) is 23.0. The normalized spacial score (nSPS) is 16.9. The summed E-state index contributed by atoms with van der Waals surface area (Å²) in [6, 6.07) is 10.5. The van der Waals surface area contributed by atoms with Crippen molar-refractivity contribution in [1.82, 2.24) is 14.1 Å². The largest absolute Gasteiger partial charge is 0.457 e. The Morgan fingerprint density at radius 3 is 1.87 bits per heavy atom. The maximum atomic E-state index is 11.2. The lowest BCUT2D eigenvalue weighted by molar-refractivity contribution is -0.567. The smallest absolute Gasteiger partial charge is 0.255 e. The number of benzene rings is 10. The predicted molar refractivity (Wildman–Crippen MR) is 320 cm³/mol. The summed E-state index contributed by atoms with van der Waals surface area (Å²) in [6.45, 7) is 3.25. The van der Waals surface area contributed by atoms with E-state index in [1.54, 1.807) is 76.1 Å². The van der Waals surface area contributed by atoms with Crippen molar-refractivity contribution in [2.45, 2.75) is 33.0 Å². The number of para-hydroxylation sites is 3. The highest BCUT2D eigenvalue weighted by atomic mass is 28.3. The van der Waals surface area contributed by atoms with Crippen LogP contribution in [0.4, 0.5) is 0 Å². The average molecular weight is 1030 g/mol. The Bertz CT molecular complexity index is 5640. The molecule has 0 saturated carbocycles. The molecule has 77 heavy (non-hydrogen) atoms. The third-order valence-electron chi connectivity index (χ3n) is 14.1. The number of ether oxygens (including phenoxy) is 1. The maximum Gasteiger partial charge on any atom is 0.255 e. The average Bonchev–Trinajstić information content (AvgIpc) is 0.844. The SMILES string of the molecule is [2H]c1c([2H])c([2H])c([Si](c2c([2H])c([2H])c([2H])c([2H])c2[2H])(c2c([2H])c([2H])c([2H])c([2H])c2[2H])c2c([2H])c([2H])c3c(c2[2H])-c2cccc(C(C)(C)C)c2-[n+]2cn(-c4cccc(Oc5ccc6c7ccccc7n(-c7cc(C([2H])([2H])[2H])ccn7)c6c5)c4)c4cccc(c42)-c2c([2H])c([2H])c([2H])c([2H])c2-3)c([2H])c1[2H]. The number of imidazole rings is 1. The van der Waals surface area contributed by atoms with E-state index in [0.717, 1.165) is 16.3 Å². The Labute approximate surface area is 485 Å². The third kappa shape index (κ3) is 7.50. The van der Waals surface area contributed by atoms with Crippen molar-refractivity contribution in [3.63, 3.8) is 0 Å². The van der Waals surface area contributed by atoms with Crippen LogP contribution < -0.4 is 30.1 Å². The topological polar surface area (TPSA) is 35.9 Å². The number of pyridine rings is 1. The lowest BCUT2D eigenvalue weighted by atomic mass is 9.82. The van der Waals surface area contributed by atoms with Gasteiger partial charge in [0, 0.05) is 49.9 Å². The van der Waals surface area contributed by atoms with Gasteiger partial charge in [-0.05, 0) is 115 Å². The molecule has 0 saturated heterocycles. The molecule has 4 heterocycles. The standard InChI is InChI=1S/C71H55N4OSi/c1-48-41-42-72-68(43-48)75-65-35-17-16-31-59(65)60-39-37-51(45-67(60)75)76-50-22-18-21-49(44-50)73-47-74-69-62(32-19-34-64(69)71(2,3)4)63-46-55(38-40-58(63)56-29-14-15-30-57(56)61-33-20-36-66(73)70(61)74)77(52-23-8-5-9-24-52,53-25-10-6-11-26-53)54-27-12-7-13-28-54/h5-47H,1-4H3/q+1/i1D3,5D,6D,7D,8D,9D,10D,11D,12D,13D,14D,15D,23D,24D,25D,26D,27D,28D,29D,30D,38D,40D,46D. The quantitative estimate of drug-likeness (QED) is 0.0864. The molecule has 0 radical (unpaired) electrons. The molecule has 5 nitrogen and oxygen atoms in total. The van der Waals surface area contributed by atoms with Crippen LogP contribution in [-0.4, -0.2) is 22.2 Å². The van der Waals surface area contributed by atoms with Crippen LogP contribution in [0.3, 0.4) is 0 Å². The maximum absolute atomic E-state index is 11.2. The Hall–Kier alpha value is -9.36. The van der Waals surface area contributed by atoms with Crippen molar-refractivity contribution in [1.29, 1.82) is 0 Å². The molecule has 13 aromatic rings. The molecule has 0 spiro atoms. The highest BCUT2D eigenvalue weighted by molar-refractivity contribution is 7.20. The van der Waals surface area contributed by atoms with Crippen molar-refractivity contribution in [3.05, 3.63) is 272 Å². The first-order valence-electron chi connectivity index (χ1n) is 37.0. The first-order chi connectivity index (χ1) is 48.1. The van der Waals surface area contributed by atoms with E-state index in [2.05, 4.69) is 4.98 Å². The molecule has 368 valence electrons. The minimum atomic E-state index is -6.37. The van der Waals surface area contributed by atoms with E-state index in [1.807, 2.05) is 61.7 Å². The summed E-state index contributed by atoms with van der Waals surface area (Å²) in [4.78, 5) is 4.61. The van der Waals surface area contributed by atoms with Gasteiger partial charge in [-0.2, -0.15) is 9.13 Å². The highest BCUT2D eigenvalue weighted by Crippen LogP contribution is 2.45. The monoisotopic (exact) mass is 1030 g/mol. The second kappa shape index (κ2) is 18.2. The zero-order valence-electron chi connectivity index (χ0n) is 66.3. The molecule has 0 N–H and O–H groups in total. The van der Waals surface area contributed by atoms with Gasteiger partial charge in [0.2, 0.25) is 0 Å². The Balaban J connectivity index is 1.12.